The SMILES string of the molecule is Cc1nccn1C1CCOC2(CCCCC2)C1. The van der Waals surface area contributed by atoms with Crippen LogP contribution in [0.25, 0.3) is 0 Å². The molecule has 0 bridgehead atoms. The second-order valence-corrected chi connectivity index (χ2v) is 5.62. The van der Waals surface area contributed by atoms with Gasteiger partial charge in [-0.2, -0.15) is 0 Å². The van der Waals surface area contributed by atoms with Gasteiger partial charge >= 0.3 is 0 Å². The normalized spacial score (nSPS) is 28.4. The summed E-state index contributed by atoms with van der Waals surface area (Å²) in [6.45, 7) is 3.02. The number of aromatic nitrogens is 2. The van der Waals surface area contributed by atoms with E-state index in [1.54, 1.807) is 0 Å². The van der Waals surface area contributed by atoms with Gasteiger partial charge in [-0.3, -0.25) is 0 Å². The summed E-state index contributed by atoms with van der Waals surface area (Å²) < 4.78 is 8.49. The van der Waals surface area contributed by atoms with Crippen molar-refractivity contribution in [3.63, 3.8) is 0 Å². The number of imidazole rings is 1. The van der Waals surface area contributed by atoms with Gasteiger partial charge in [0.25, 0.3) is 0 Å². The van der Waals surface area contributed by atoms with E-state index in [1.165, 1.54) is 38.5 Å². The number of rotatable bonds is 1. The van der Waals surface area contributed by atoms with Crippen molar-refractivity contribution >= 4 is 0 Å². The van der Waals surface area contributed by atoms with Gasteiger partial charge in [-0.05, 0) is 32.6 Å². The van der Waals surface area contributed by atoms with E-state index < -0.39 is 0 Å². The van der Waals surface area contributed by atoms with E-state index in [-0.39, 0.29) is 5.60 Å². The van der Waals surface area contributed by atoms with Crippen LogP contribution < -0.4 is 0 Å². The average molecular weight is 234 g/mol. The Bertz CT molecular complexity index is 374. The van der Waals surface area contributed by atoms with Gasteiger partial charge in [-0.25, -0.2) is 4.98 Å². The second-order valence-electron chi connectivity index (χ2n) is 5.62. The molecule has 1 saturated heterocycles. The Hall–Kier alpha value is -0.830. The Balaban J connectivity index is 1.77. The maximum absolute atomic E-state index is 6.14. The molecule has 1 aliphatic carbocycles. The highest BCUT2D eigenvalue weighted by Crippen LogP contribution is 2.42. The summed E-state index contributed by atoms with van der Waals surface area (Å²) in [7, 11) is 0. The first kappa shape index (κ1) is 11.3. The molecule has 1 atom stereocenters. The molecular formula is C14H22N2O. The molecule has 0 amide bonds. The van der Waals surface area contributed by atoms with Crippen LogP contribution in [0.1, 0.15) is 56.8 Å². The number of ether oxygens (including phenoxy) is 1. The zero-order valence-electron chi connectivity index (χ0n) is 10.7. The Morgan fingerprint density at radius 2 is 2.18 bits per heavy atom. The fourth-order valence-corrected chi connectivity index (χ4v) is 3.56. The molecule has 1 saturated carbocycles. The molecule has 1 unspecified atom stereocenters. The van der Waals surface area contributed by atoms with Gasteiger partial charge in [0, 0.05) is 25.0 Å². The summed E-state index contributed by atoms with van der Waals surface area (Å²) in [5, 5.41) is 0. The molecular weight excluding hydrogens is 212 g/mol. The van der Waals surface area contributed by atoms with Crippen LogP contribution >= 0.6 is 0 Å². The number of hydrogen-bond acceptors (Lipinski definition) is 2. The molecule has 94 valence electrons. The van der Waals surface area contributed by atoms with E-state index in [0.717, 1.165) is 18.9 Å². The van der Waals surface area contributed by atoms with Crippen LogP contribution in [0, 0.1) is 6.92 Å². The lowest BCUT2D eigenvalue weighted by molar-refractivity contribution is -0.114. The average Bonchev–Trinajstić information content (AvgIpc) is 2.77. The van der Waals surface area contributed by atoms with E-state index >= 15 is 0 Å². The summed E-state index contributed by atoms with van der Waals surface area (Å²) in [6.07, 6.45) is 13.0. The van der Waals surface area contributed by atoms with Crippen LogP contribution in [0.5, 0.6) is 0 Å². The van der Waals surface area contributed by atoms with Crippen LogP contribution in [0.4, 0.5) is 0 Å². The van der Waals surface area contributed by atoms with E-state index in [0.29, 0.717) is 6.04 Å². The molecule has 0 radical (unpaired) electrons. The predicted octanol–water partition coefficient (Wildman–Crippen LogP) is 3.25. The van der Waals surface area contributed by atoms with Crippen molar-refractivity contribution in [3.8, 4) is 0 Å². The van der Waals surface area contributed by atoms with Crippen LogP contribution in [-0.2, 0) is 4.74 Å². The smallest absolute Gasteiger partial charge is 0.105 e. The Morgan fingerprint density at radius 3 is 2.88 bits per heavy atom. The first-order valence-corrected chi connectivity index (χ1v) is 6.93. The topological polar surface area (TPSA) is 27.1 Å². The minimum absolute atomic E-state index is 0.192. The van der Waals surface area contributed by atoms with E-state index in [4.69, 9.17) is 4.74 Å². The van der Waals surface area contributed by atoms with Gasteiger partial charge in [-0.1, -0.05) is 19.3 Å². The largest absolute Gasteiger partial charge is 0.375 e. The quantitative estimate of drug-likeness (QED) is 0.746. The van der Waals surface area contributed by atoms with E-state index in [2.05, 4.69) is 22.7 Å². The third kappa shape index (κ3) is 2.13. The third-order valence-corrected chi connectivity index (χ3v) is 4.49. The first-order valence-electron chi connectivity index (χ1n) is 6.93. The van der Waals surface area contributed by atoms with Crippen molar-refractivity contribution in [2.75, 3.05) is 6.61 Å². The summed E-state index contributed by atoms with van der Waals surface area (Å²) in [5.41, 5.74) is 0.192. The van der Waals surface area contributed by atoms with Crippen molar-refractivity contribution < 1.29 is 4.74 Å². The van der Waals surface area contributed by atoms with Gasteiger partial charge in [-0.15, -0.1) is 0 Å². The van der Waals surface area contributed by atoms with Crippen molar-refractivity contribution in [1.82, 2.24) is 9.55 Å². The maximum Gasteiger partial charge on any atom is 0.105 e. The number of hydrogen-bond donors (Lipinski definition) is 0. The van der Waals surface area contributed by atoms with Crippen molar-refractivity contribution in [1.29, 1.82) is 0 Å². The predicted molar refractivity (Wildman–Crippen MR) is 67.0 cm³/mol. The standard InChI is InChI=1S/C14H22N2O/c1-12-15-8-9-16(12)13-5-10-17-14(11-13)6-3-2-4-7-14/h8-9,13H,2-7,10-11H2,1H3. The first-order chi connectivity index (χ1) is 8.29. The Morgan fingerprint density at radius 1 is 1.35 bits per heavy atom. The molecule has 1 aromatic heterocycles. The number of aryl methyl sites for hydroxylation is 1. The highest BCUT2D eigenvalue weighted by molar-refractivity contribution is 4.97. The fourth-order valence-electron chi connectivity index (χ4n) is 3.56. The van der Waals surface area contributed by atoms with E-state index in [1.807, 2.05) is 6.20 Å². The molecule has 1 aromatic rings. The monoisotopic (exact) mass is 234 g/mol. The van der Waals surface area contributed by atoms with Gasteiger partial charge in [0.1, 0.15) is 5.82 Å². The van der Waals surface area contributed by atoms with Gasteiger partial charge in [0.05, 0.1) is 5.60 Å². The highest BCUT2D eigenvalue weighted by Gasteiger charge is 2.39. The van der Waals surface area contributed by atoms with Crippen LogP contribution in [0.2, 0.25) is 0 Å². The van der Waals surface area contributed by atoms with E-state index in [9.17, 15) is 0 Å². The zero-order chi connectivity index (χ0) is 11.7. The maximum atomic E-state index is 6.14. The molecule has 2 heterocycles. The molecule has 2 aliphatic rings. The molecule has 0 N–H and O–H groups in total. The highest BCUT2D eigenvalue weighted by atomic mass is 16.5. The zero-order valence-corrected chi connectivity index (χ0v) is 10.7. The molecule has 0 aromatic carbocycles. The second kappa shape index (κ2) is 4.45. The summed E-state index contributed by atoms with van der Waals surface area (Å²) >= 11 is 0. The summed E-state index contributed by atoms with van der Waals surface area (Å²) in [4.78, 5) is 4.35. The van der Waals surface area contributed by atoms with Crippen LogP contribution in [0.15, 0.2) is 12.4 Å². The van der Waals surface area contributed by atoms with Crippen molar-refractivity contribution in [3.05, 3.63) is 18.2 Å². The molecule has 1 spiro atoms. The Labute approximate surface area is 103 Å². The molecule has 3 rings (SSSR count). The van der Waals surface area contributed by atoms with Crippen molar-refractivity contribution in [2.24, 2.45) is 0 Å². The van der Waals surface area contributed by atoms with Gasteiger partial charge in [0.2, 0.25) is 0 Å². The minimum atomic E-state index is 0.192. The van der Waals surface area contributed by atoms with Gasteiger partial charge in [0.15, 0.2) is 0 Å². The summed E-state index contributed by atoms with van der Waals surface area (Å²) in [6, 6.07) is 0.601. The molecule has 3 nitrogen and oxygen atoms in total. The minimum Gasteiger partial charge on any atom is -0.375 e. The fraction of sp³-hybridized carbons (Fsp3) is 0.786. The molecule has 1 aliphatic heterocycles. The molecule has 2 fully saturated rings. The lowest BCUT2D eigenvalue weighted by Gasteiger charge is -2.44. The summed E-state index contributed by atoms with van der Waals surface area (Å²) in [5.74, 6) is 1.14. The van der Waals surface area contributed by atoms with Gasteiger partial charge < -0.3 is 9.30 Å². The lowest BCUT2D eigenvalue weighted by atomic mass is 9.78. The number of nitrogens with zero attached hydrogens (tertiary/aromatic N) is 2. The van der Waals surface area contributed by atoms with Crippen LogP contribution in [-0.4, -0.2) is 21.8 Å². The molecule has 17 heavy (non-hydrogen) atoms. The lowest BCUT2D eigenvalue weighted by Crippen LogP contribution is -2.42. The molecule has 3 heteroatoms. The Kier molecular flexibility index (Phi) is 2.95. The van der Waals surface area contributed by atoms with Crippen molar-refractivity contribution in [2.45, 2.75) is 63.5 Å². The third-order valence-electron chi connectivity index (χ3n) is 4.49. The van der Waals surface area contributed by atoms with Crippen LogP contribution in [0.3, 0.4) is 0 Å².